The lowest BCUT2D eigenvalue weighted by atomic mass is 10.1. The van der Waals surface area contributed by atoms with Gasteiger partial charge in [-0.15, -0.1) is 0 Å². The number of fused-ring (bicyclic) bond motifs is 1. The number of rotatable bonds is 5. The van der Waals surface area contributed by atoms with Gasteiger partial charge >= 0.3 is 12.7 Å². The molecular weight excluding hydrogens is 367 g/mol. The lowest BCUT2D eigenvalue weighted by Crippen LogP contribution is -2.21. The first-order valence-electron chi connectivity index (χ1n) is 7.87. The van der Waals surface area contributed by atoms with Crippen LogP contribution in [-0.2, 0) is 11.3 Å². The molecule has 140 valence electrons. The molecule has 0 bridgehead atoms. The number of alkyl carbamates (subject to hydrolysis) is 1. The Balaban J connectivity index is 1.67. The highest BCUT2D eigenvalue weighted by atomic mass is 19.3. The quantitative estimate of drug-likeness (QED) is 0.732. The fraction of sp³-hybridized carbons (Fsp3) is 0.250. The molecule has 1 saturated heterocycles. The van der Waals surface area contributed by atoms with Gasteiger partial charge in [-0.2, -0.15) is 13.9 Å². The summed E-state index contributed by atoms with van der Waals surface area (Å²) in [5, 5.41) is 6.72. The van der Waals surface area contributed by atoms with Crippen LogP contribution in [0.25, 0.3) is 22.4 Å². The van der Waals surface area contributed by atoms with E-state index in [0.717, 1.165) is 12.1 Å². The van der Waals surface area contributed by atoms with Crippen LogP contribution in [0.15, 0.2) is 30.6 Å². The van der Waals surface area contributed by atoms with E-state index in [-0.39, 0.29) is 6.54 Å². The summed E-state index contributed by atoms with van der Waals surface area (Å²) in [6.07, 6.45) is 2.03. The van der Waals surface area contributed by atoms with Crippen molar-refractivity contribution < 1.29 is 27.4 Å². The third kappa shape index (κ3) is 3.48. The molecule has 1 fully saturated rings. The van der Waals surface area contributed by atoms with E-state index in [4.69, 9.17) is 4.74 Å². The van der Waals surface area contributed by atoms with Crippen LogP contribution in [0.4, 0.5) is 18.0 Å². The molecule has 1 N–H and O–H groups in total. The molecule has 27 heavy (non-hydrogen) atoms. The van der Waals surface area contributed by atoms with Gasteiger partial charge < -0.3 is 14.8 Å². The summed E-state index contributed by atoms with van der Waals surface area (Å²) in [4.78, 5) is 19.8. The maximum Gasteiger partial charge on any atom is 0.407 e. The first-order chi connectivity index (χ1) is 13.0. The van der Waals surface area contributed by atoms with Gasteiger partial charge in [-0.05, 0) is 18.2 Å². The number of nitrogens with zero attached hydrogens (tertiary/aromatic N) is 4. The smallest absolute Gasteiger partial charge is 0.407 e. The number of cyclic esters (lactones) is 1. The molecule has 11 heteroatoms. The Morgan fingerprint density at radius 2 is 2.22 bits per heavy atom. The fourth-order valence-corrected chi connectivity index (χ4v) is 2.70. The number of carbonyl (C=O) groups is 1. The zero-order valence-electron chi connectivity index (χ0n) is 13.6. The maximum absolute atomic E-state index is 13.6. The number of alkyl halides is 2. The molecule has 0 aliphatic carbocycles. The van der Waals surface area contributed by atoms with Crippen LogP contribution in [0.1, 0.15) is 0 Å². The largest absolute Gasteiger partial charge is 0.442 e. The molecule has 8 nitrogen and oxygen atoms in total. The lowest BCUT2D eigenvalue weighted by molar-refractivity contribution is -0.0521. The Hall–Kier alpha value is -3.37. The summed E-state index contributed by atoms with van der Waals surface area (Å²) in [5.74, 6) is -1.49. The number of hydrogen-bond acceptors (Lipinski definition) is 6. The lowest BCUT2D eigenvalue weighted by Gasteiger charge is -2.10. The van der Waals surface area contributed by atoms with E-state index in [9.17, 15) is 18.0 Å². The maximum atomic E-state index is 13.6. The predicted octanol–water partition coefficient (Wildman–Crippen LogP) is 2.34. The number of halogens is 3. The normalized spacial score (nSPS) is 16.6. The Morgan fingerprint density at radius 3 is 2.96 bits per heavy atom. The van der Waals surface area contributed by atoms with Crippen molar-refractivity contribution in [1.82, 2.24) is 25.1 Å². The zero-order valence-corrected chi connectivity index (χ0v) is 13.6. The van der Waals surface area contributed by atoms with Gasteiger partial charge in [0.15, 0.2) is 17.2 Å². The van der Waals surface area contributed by atoms with Gasteiger partial charge in [0.05, 0.1) is 31.2 Å². The number of nitrogens with one attached hydrogen (secondary N) is 1. The van der Waals surface area contributed by atoms with Crippen LogP contribution in [0.5, 0.6) is 5.75 Å². The summed E-state index contributed by atoms with van der Waals surface area (Å²) in [5.41, 5.74) is 1.59. The van der Waals surface area contributed by atoms with Crippen LogP contribution in [0.3, 0.4) is 0 Å². The number of carbonyl (C=O) groups excluding carboxylic acids is 1. The van der Waals surface area contributed by atoms with Gasteiger partial charge in [-0.25, -0.2) is 23.8 Å². The molecule has 1 aliphatic rings. The Labute approximate surface area is 149 Å². The molecule has 0 unspecified atom stereocenters. The minimum absolute atomic E-state index is 0.267. The highest BCUT2D eigenvalue weighted by molar-refractivity contribution is 5.74. The summed E-state index contributed by atoms with van der Waals surface area (Å²) in [6, 6.07) is 3.52. The Bertz CT molecular complexity index is 1010. The number of aromatic nitrogens is 4. The molecule has 0 radical (unpaired) electrons. The van der Waals surface area contributed by atoms with E-state index < -0.39 is 30.4 Å². The van der Waals surface area contributed by atoms with Crippen molar-refractivity contribution in [2.45, 2.75) is 19.3 Å². The molecule has 1 atom stereocenters. The van der Waals surface area contributed by atoms with E-state index in [2.05, 4.69) is 25.1 Å². The Kier molecular flexibility index (Phi) is 4.26. The SMILES string of the molecule is O=C1NC[C@H](Cn2ncc3ncc(-c4ccc(F)c(OC(F)F)c4)nc32)O1. The van der Waals surface area contributed by atoms with Crippen molar-refractivity contribution in [3.05, 3.63) is 36.4 Å². The summed E-state index contributed by atoms with van der Waals surface area (Å²) in [7, 11) is 0. The molecule has 0 spiro atoms. The average Bonchev–Trinajstić information content (AvgIpc) is 3.23. The Morgan fingerprint density at radius 1 is 1.37 bits per heavy atom. The van der Waals surface area contributed by atoms with Gasteiger partial charge in [-0.1, -0.05) is 0 Å². The molecule has 4 rings (SSSR count). The number of ether oxygens (including phenoxy) is 2. The number of amides is 1. The standard InChI is InChI=1S/C16H12F3N5O3/c17-10-2-1-8(3-13(10)27-15(18)19)11-5-20-12-6-22-24(14(12)23-11)7-9-4-21-16(25)26-9/h1-3,5-6,9,15H,4,7H2,(H,21,25)/t9-/m1/s1. The minimum atomic E-state index is -3.15. The molecular formula is C16H12F3N5O3. The van der Waals surface area contributed by atoms with Crippen molar-refractivity contribution in [1.29, 1.82) is 0 Å². The van der Waals surface area contributed by atoms with Gasteiger partial charge in [0.1, 0.15) is 11.6 Å². The fourth-order valence-electron chi connectivity index (χ4n) is 2.70. The summed E-state index contributed by atoms with van der Waals surface area (Å²) >= 11 is 0. The van der Waals surface area contributed by atoms with Crippen LogP contribution in [-0.4, -0.2) is 45.1 Å². The van der Waals surface area contributed by atoms with Crippen LogP contribution < -0.4 is 10.1 Å². The number of benzene rings is 1. The summed E-state index contributed by atoms with van der Waals surface area (Å²) in [6.45, 7) is -2.53. The van der Waals surface area contributed by atoms with E-state index in [1.165, 1.54) is 23.1 Å². The van der Waals surface area contributed by atoms with Crippen molar-refractivity contribution in [3.8, 4) is 17.0 Å². The van der Waals surface area contributed by atoms with Crippen LogP contribution in [0.2, 0.25) is 0 Å². The van der Waals surface area contributed by atoms with Crippen LogP contribution >= 0.6 is 0 Å². The van der Waals surface area contributed by atoms with Gasteiger partial charge in [-0.3, -0.25) is 0 Å². The van der Waals surface area contributed by atoms with E-state index in [0.29, 0.717) is 29.0 Å². The second-order valence-electron chi connectivity index (χ2n) is 5.72. The first-order valence-corrected chi connectivity index (χ1v) is 7.87. The zero-order chi connectivity index (χ0) is 19.0. The molecule has 1 amide bonds. The summed E-state index contributed by atoms with van der Waals surface area (Å²) < 4.78 is 49.2. The predicted molar refractivity (Wildman–Crippen MR) is 85.6 cm³/mol. The van der Waals surface area contributed by atoms with Gasteiger partial charge in [0, 0.05) is 5.56 Å². The van der Waals surface area contributed by atoms with Crippen molar-refractivity contribution >= 4 is 17.3 Å². The third-order valence-corrected chi connectivity index (χ3v) is 3.91. The third-order valence-electron chi connectivity index (χ3n) is 3.91. The highest BCUT2D eigenvalue weighted by Gasteiger charge is 2.24. The van der Waals surface area contributed by atoms with E-state index in [1.807, 2.05) is 0 Å². The van der Waals surface area contributed by atoms with Crippen LogP contribution in [0, 0.1) is 5.82 Å². The molecule has 3 aromatic rings. The van der Waals surface area contributed by atoms with E-state index >= 15 is 0 Å². The first kappa shape index (κ1) is 17.1. The second kappa shape index (κ2) is 6.74. The van der Waals surface area contributed by atoms with Gasteiger partial charge in [0.25, 0.3) is 0 Å². The highest BCUT2D eigenvalue weighted by Crippen LogP contribution is 2.27. The average molecular weight is 379 g/mol. The molecule has 3 heterocycles. The minimum Gasteiger partial charge on any atom is -0.442 e. The second-order valence-corrected chi connectivity index (χ2v) is 5.72. The van der Waals surface area contributed by atoms with E-state index in [1.54, 1.807) is 0 Å². The number of hydrogen-bond donors (Lipinski definition) is 1. The van der Waals surface area contributed by atoms with Crippen molar-refractivity contribution in [2.75, 3.05) is 6.54 Å². The molecule has 0 saturated carbocycles. The monoisotopic (exact) mass is 379 g/mol. The molecule has 1 aliphatic heterocycles. The van der Waals surface area contributed by atoms with Crippen molar-refractivity contribution in [3.63, 3.8) is 0 Å². The molecule has 2 aromatic heterocycles. The van der Waals surface area contributed by atoms with Crippen molar-refractivity contribution in [2.24, 2.45) is 0 Å². The van der Waals surface area contributed by atoms with Gasteiger partial charge in [0.2, 0.25) is 0 Å². The topological polar surface area (TPSA) is 91.2 Å². The molecule has 1 aromatic carbocycles.